The molecule has 0 heterocycles. The van der Waals surface area contributed by atoms with Gasteiger partial charge in [0.1, 0.15) is 0 Å². The Balaban J connectivity index is 2.10. The van der Waals surface area contributed by atoms with Crippen molar-refractivity contribution in [2.75, 3.05) is 40.0 Å². The molecule has 1 aliphatic rings. The molecule has 4 heteroatoms. The zero-order valence-electron chi connectivity index (χ0n) is 10.1. The average Bonchev–Trinajstić information content (AvgIpc) is 2.08. The number of rotatable bonds is 7. The van der Waals surface area contributed by atoms with Crippen LogP contribution in [0, 0.1) is 0 Å². The summed E-state index contributed by atoms with van der Waals surface area (Å²) in [6, 6.07) is 0. The van der Waals surface area contributed by atoms with Crippen molar-refractivity contribution < 1.29 is 5.11 Å². The number of thioether (sulfide) groups is 1. The number of nitrogens with zero attached hydrogens (tertiary/aromatic N) is 1. The second-order valence-electron chi connectivity index (χ2n) is 4.79. The summed E-state index contributed by atoms with van der Waals surface area (Å²) >= 11 is 1.97. The van der Waals surface area contributed by atoms with Crippen LogP contribution in [0.15, 0.2) is 0 Å². The highest BCUT2D eigenvalue weighted by molar-refractivity contribution is 8.00. The molecule has 0 aromatic rings. The minimum absolute atomic E-state index is 0.251. The van der Waals surface area contributed by atoms with Crippen molar-refractivity contribution in [2.45, 2.75) is 30.1 Å². The summed E-state index contributed by atoms with van der Waals surface area (Å²) in [5.41, 5.74) is 0. The van der Waals surface area contributed by atoms with E-state index < -0.39 is 0 Å². The first kappa shape index (κ1) is 13.3. The quantitative estimate of drug-likeness (QED) is 0.680. The van der Waals surface area contributed by atoms with E-state index in [1.54, 1.807) is 0 Å². The average molecular weight is 232 g/mol. The fourth-order valence-electron chi connectivity index (χ4n) is 1.98. The van der Waals surface area contributed by atoms with Gasteiger partial charge in [-0.1, -0.05) is 6.42 Å². The fraction of sp³-hybridized carbons (Fsp3) is 1.00. The molecule has 0 aromatic carbocycles. The maximum absolute atomic E-state index is 9.67. The Bertz CT molecular complexity index is 178. The topological polar surface area (TPSA) is 35.5 Å². The molecule has 2 N–H and O–H groups in total. The monoisotopic (exact) mass is 232 g/mol. The standard InChI is InChI=1S/C11H24N2OS/c1-13(2)8-10(14)7-12-9-11(15-3)5-4-6-11/h10,12,14H,4-9H2,1-3H3. The van der Waals surface area contributed by atoms with Crippen molar-refractivity contribution in [3.63, 3.8) is 0 Å². The van der Waals surface area contributed by atoms with Gasteiger partial charge >= 0.3 is 0 Å². The lowest BCUT2D eigenvalue weighted by Crippen LogP contribution is -2.46. The van der Waals surface area contributed by atoms with E-state index in [2.05, 4.69) is 11.6 Å². The zero-order valence-corrected chi connectivity index (χ0v) is 10.9. The summed E-state index contributed by atoms with van der Waals surface area (Å²) in [7, 11) is 3.97. The molecular weight excluding hydrogens is 208 g/mol. The van der Waals surface area contributed by atoms with Crippen LogP contribution < -0.4 is 5.32 Å². The lowest BCUT2D eigenvalue weighted by atomic mass is 9.84. The highest BCUT2D eigenvalue weighted by Crippen LogP contribution is 2.42. The van der Waals surface area contributed by atoms with Crippen LogP contribution in [0.1, 0.15) is 19.3 Å². The molecule has 1 saturated carbocycles. The molecule has 3 nitrogen and oxygen atoms in total. The Morgan fingerprint density at radius 1 is 1.47 bits per heavy atom. The highest BCUT2D eigenvalue weighted by atomic mass is 32.2. The van der Waals surface area contributed by atoms with Crippen LogP contribution in [0.25, 0.3) is 0 Å². The first-order valence-electron chi connectivity index (χ1n) is 5.67. The lowest BCUT2D eigenvalue weighted by molar-refractivity contribution is 0.132. The van der Waals surface area contributed by atoms with E-state index in [4.69, 9.17) is 0 Å². The van der Waals surface area contributed by atoms with Crippen molar-refractivity contribution >= 4 is 11.8 Å². The first-order valence-corrected chi connectivity index (χ1v) is 6.89. The van der Waals surface area contributed by atoms with Crippen LogP contribution in [-0.2, 0) is 0 Å². The second-order valence-corrected chi connectivity index (χ2v) is 6.06. The third-order valence-electron chi connectivity index (χ3n) is 3.10. The molecule has 1 unspecified atom stereocenters. The Morgan fingerprint density at radius 3 is 2.53 bits per heavy atom. The minimum atomic E-state index is -0.251. The number of nitrogens with one attached hydrogen (secondary N) is 1. The molecule has 0 aromatic heterocycles. The summed E-state index contributed by atoms with van der Waals surface area (Å²) in [4.78, 5) is 2.01. The molecule has 1 atom stereocenters. The zero-order chi connectivity index (χ0) is 11.3. The van der Waals surface area contributed by atoms with Gasteiger partial charge in [0.05, 0.1) is 6.10 Å². The number of likely N-dealkylation sites (N-methyl/N-ethyl adjacent to an activating group) is 1. The Morgan fingerprint density at radius 2 is 2.13 bits per heavy atom. The van der Waals surface area contributed by atoms with E-state index in [-0.39, 0.29) is 6.10 Å². The summed E-state index contributed by atoms with van der Waals surface area (Å²) in [6.07, 6.45) is 5.95. The van der Waals surface area contributed by atoms with Gasteiger partial charge in [-0.05, 0) is 33.2 Å². The van der Waals surface area contributed by atoms with Gasteiger partial charge in [0.2, 0.25) is 0 Å². The number of aliphatic hydroxyl groups excluding tert-OH is 1. The van der Waals surface area contributed by atoms with Gasteiger partial charge in [0.15, 0.2) is 0 Å². The SMILES string of the molecule is CSC1(CNCC(O)CN(C)C)CCC1. The largest absolute Gasteiger partial charge is 0.390 e. The molecule has 1 aliphatic carbocycles. The van der Waals surface area contributed by atoms with Crippen LogP contribution >= 0.6 is 11.8 Å². The van der Waals surface area contributed by atoms with Crippen LogP contribution in [-0.4, -0.2) is 60.8 Å². The molecule has 0 amide bonds. The van der Waals surface area contributed by atoms with Gasteiger partial charge in [-0.2, -0.15) is 11.8 Å². The van der Waals surface area contributed by atoms with E-state index in [9.17, 15) is 5.11 Å². The van der Waals surface area contributed by atoms with Crippen LogP contribution in [0.2, 0.25) is 0 Å². The Hall–Kier alpha value is 0.230. The van der Waals surface area contributed by atoms with E-state index in [1.807, 2.05) is 30.8 Å². The molecule has 1 fully saturated rings. The molecule has 0 radical (unpaired) electrons. The van der Waals surface area contributed by atoms with Crippen LogP contribution in [0.4, 0.5) is 0 Å². The molecule has 15 heavy (non-hydrogen) atoms. The summed E-state index contributed by atoms with van der Waals surface area (Å²) in [5, 5.41) is 13.1. The Kier molecular flexibility index (Phi) is 5.39. The molecule has 0 bridgehead atoms. The van der Waals surface area contributed by atoms with Crippen LogP contribution in [0.3, 0.4) is 0 Å². The molecular formula is C11H24N2OS. The molecule has 90 valence electrons. The minimum Gasteiger partial charge on any atom is -0.390 e. The van der Waals surface area contributed by atoms with Crippen molar-refractivity contribution in [3.8, 4) is 0 Å². The smallest absolute Gasteiger partial charge is 0.0791 e. The first-order chi connectivity index (χ1) is 7.08. The Labute approximate surface area is 97.6 Å². The normalized spacial score (nSPS) is 21.4. The van der Waals surface area contributed by atoms with Gasteiger partial charge in [-0.15, -0.1) is 0 Å². The van der Waals surface area contributed by atoms with Crippen molar-refractivity contribution in [1.82, 2.24) is 10.2 Å². The molecule has 0 spiro atoms. The van der Waals surface area contributed by atoms with Crippen LogP contribution in [0.5, 0.6) is 0 Å². The van der Waals surface area contributed by atoms with Crippen molar-refractivity contribution in [3.05, 3.63) is 0 Å². The third kappa shape index (κ3) is 4.31. The number of aliphatic hydroxyl groups is 1. The second kappa shape index (κ2) is 6.09. The predicted octanol–water partition coefficient (Wildman–Crippen LogP) is 0.784. The van der Waals surface area contributed by atoms with Gasteiger partial charge < -0.3 is 15.3 Å². The summed E-state index contributed by atoms with van der Waals surface area (Å²) < 4.78 is 0.470. The van der Waals surface area contributed by atoms with E-state index >= 15 is 0 Å². The van der Waals surface area contributed by atoms with Gasteiger partial charge in [-0.25, -0.2) is 0 Å². The lowest BCUT2D eigenvalue weighted by Gasteiger charge is -2.40. The maximum Gasteiger partial charge on any atom is 0.0791 e. The van der Waals surface area contributed by atoms with Crippen molar-refractivity contribution in [2.24, 2.45) is 0 Å². The van der Waals surface area contributed by atoms with Gasteiger partial charge in [-0.3, -0.25) is 0 Å². The summed E-state index contributed by atoms with van der Waals surface area (Å²) in [5.74, 6) is 0. The maximum atomic E-state index is 9.67. The highest BCUT2D eigenvalue weighted by Gasteiger charge is 2.35. The van der Waals surface area contributed by atoms with E-state index in [0.717, 1.165) is 13.1 Å². The van der Waals surface area contributed by atoms with Crippen molar-refractivity contribution in [1.29, 1.82) is 0 Å². The predicted molar refractivity (Wildman–Crippen MR) is 67.5 cm³/mol. The molecule has 1 rings (SSSR count). The van der Waals surface area contributed by atoms with Gasteiger partial charge in [0, 0.05) is 24.4 Å². The third-order valence-corrected chi connectivity index (χ3v) is 4.52. The molecule has 0 aliphatic heterocycles. The van der Waals surface area contributed by atoms with Gasteiger partial charge in [0.25, 0.3) is 0 Å². The summed E-state index contributed by atoms with van der Waals surface area (Å²) in [6.45, 7) is 2.48. The van der Waals surface area contributed by atoms with E-state index in [1.165, 1.54) is 19.3 Å². The number of hydrogen-bond donors (Lipinski definition) is 2. The number of hydrogen-bond acceptors (Lipinski definition) is 4. The molecule has 0 saturated heterocycles. The fourth-order valence-corrected chi connectivity index (χ4v) is 2.92. The van der Waals surface area contributed by atoms with E-state index in [0.29, 0.717) is 11.3 Å².